The van der Waals surface area contributed by atoms with Gasteiger partial charge in [0, 0.05) is 47.9 Å². The van der Waals surface area contributed by atoms with Gasteiger partial charge in [0.1, 0.15) is 5.75 Å². The van der Waals surface area contributed by atoms with Crippen molar-refractivity contribution >= 4 is 34.6 Å². The Morgan fingerprint density at radius 3 is 2.58 bits per heavy atom. The molecule has 3 aliphatic rings. The highest BCUT2D eigenvalue weighted by Gasteiger charge is 2.35. The van der Waals surface area contributed by atoms with Crippen molar-refractivity contribution in [1.82, 2.24) is 19.7 Å². The Kier molecular flexibility index (Phi) is 9.74. The molecular weight excluding hydrogens is 619 g/mol. The number of anilines is 1. The number of hydrogen-bond acceptors (Lipinski definition) is 6. The minimum atomic E-state index is -0.594. The van der Waals surface area contributed by atoms with Crippen LogP contribution < -0.4 is 20.4 Å². The molecule has 3 heterocycles. The number of ether oxygens (including phenoxy) is 2. The molecule has 7 rings (SSSR count). The van der Waals surface area contributed by atoms with Crippen LogP contribution in [0.2, 0.25) is 0 Å². The van der Waals surface area contributed by atoms with Crippen LogP contribution in [0, 0.1) is 5.92 Å². The molecule has 9 heteroatoms. The number of para-hydroxylation sites is 1. The standard InChI is InChI=1S/C39H49N5O3S/c1-27-30-24-43-34-23-31(42(4)38(45)44(41-39(2,3)40-27)48-22-21-46-25-28-13-7-5-8-14-28)19-20-32(34)36(29-15-9-6-10-16-29)37(43)33-17-11-12-18-35(33)47-26-30/h5,7-8,11-14,17-20,23,27,29-30,40-41H,6,9-10,15-16,21-22,24-26H2,1-4H3/t27?,30-/m0/s1. The van der Waals surface area contributed by atoms with Crippen LogP contribution in [0.4, 0.5) is 10.5 Å². The van der Waals surface area contributed by atoms with Crippen LogP contribution in [0.5, 0.6) is 5.75 Å². The van der Waals surface area contributed by atoms with Crippen molar-refractivity contribution in [3.8, 4) is 17.0 Å². The van der Waals surface area contributed by atoms with Crippen molar-refractivity contribution in [3.63, 3.8) is 0 Å². The molecule has 1 saturated carbocycles. The van der Waals surface area contributed by atoms with Crippen molar-refractivity contribution < 1.29 is 14.3 Å². The Bertz CT molecular complexity index is 1730. The van der Waals surface area contributed by atoms with Gasteiger partial charge in [-0.25, -0.2) is 10.2 Å². The molecule has 1 fully saturated rings. The second-order valence-corrected chi connectivity index (χ2v) is 15.2. The van der Waals surface area contributed by atoms with E-state index in [2.05, 4.69) is 90.7 Å². The van der Waals surface area contributed by atoms with Crippen molar-refractivity contribution in [3.05, 3.63) is 83.9 Å². The van der Waals surface area contributed by atoms with Crippen molar-refractivity contribution in [2.45, 2.75) is 83.6 Å². The van der Waals surface area contributed by atoms with Gasteiger partial charge in [-0.15, -0.1) is 0 Å². The minimum absolute atomic E-state index is 0.0824. The van der Waals surface area contributed by atoms with Crippen LogP contribution in [-0.2, 0) is 17.9 Å². The molecule has 3 aromatic carbocycles. The second-order valence-electron chi connectivity index (χ2n) is 14.2. The molecule has 8 nitrogen and oxygen atoms in total. The summed E-state index contributed by atoms with van der Waals surface area (Å²) in [5.41, 5.74) is 10.0. The number of carbonyl (C=O) groups is 1. The maximum atomic E-state index is 14.3. The molecule has 1 aromatic heterocycles. The molecule has 2 atom stereocenters. The summed E-state index contributed by atoms with van der Waals surface area (Å²) in [6.07, 6.45) is 6.25. The zero-order valence-corrected chi connectivity index (χ0v) is 29.5. The largest absolute Gasteiger partial charge is 0.492 e. The van der Waals surface area contributed by atoms with Crippen LogP contribution in [0.25, 0.3) is 22.2 Å². The predicted octanol–water partition coefficient (Wildman–Crippen LogP) is 8.32. The number of amides is 2. The Hall–Kier alpha value is -3.50. The average molecular weight is 668 g/mol. The Morgan fingerprint density at radius 1 is 1.00 bits per heavy atom. The SMILES string of the molecule is CC1NC(C)(C)NN(SCCOCc2ccccc2)C(=O)N(C)c2ccc3c(C4CCCCC4)c4n(c3c2)C[C@H]1COc1ccccc1-4. The smallest absolute Gasteiger partial charge is 0.349 e. The van der Waals surface area contributed by atoms with Gasteiger partial charge < -0.3 is 14.0 Å². The van der Waals surface area contributed by atoms with Crippen LogP contribution >= 0.6 is 11.9 Å². The van der Waals surface area contributed by atoms with Crippen molar-refractivity contribution in [2.24, 2.45) is 5.92 Å². The number of fused-ring (bicyclic) bond motifs is 4. The number of benzene rings is 3. The highest BCUT2D eigenvalue weighted by atomic mass is 32.2. The van der Waals surface area contributed by atoms with E-state index in [1.54, 1.807) is 9.31 Å². The predicted molar refractivity (Wildman–Crippen MR) is 196 cm³/mol. The zero-order chi connectivity index (χ0) is 33.3. The third-order valence-electron chi connectivity index (χ3n) is 10.2. The summed E-state index contributed by atoms with van der Waals surface area (Å²) in [7, 11) is 1.87. The number of rotatable bonds is 7. The lowest BCUT2D eigenvalue weighted by molar-refractivity contribution is 0.131. The molecule has 2 amide bonds. The number of urea groups is 1. The van der Waals surface area contributed by atoms with Crippen LogP contribution in [-0.4, -0.2) is 52.7 Å². The third-order valence-corrected chi connectivity index (χ3v) is 11.1. The number of hydrazine groups is 1. The number of carbonyl (C=O) groups excluding carboxylic acids is 1. The molecule has 4 bridgehead atoms. The first-order valence-corrected chi connectivity index (χ1v) is 18.5. The summed E-state index contributed by atoms with van der Waals surface area (Å²) >= 11 is 1.44. The molecule has 0 spiro atoms. The highest BCUT2D eigenvalue weighted by Crippen LogP contribution is 2.48. The molecule has 4 aromatic rings. The summed E-state index contributed by atoms with van der Waals surface area (Å²) in [4.78, 5) is 16.0. The van der Waals surface area contributed by atoms with E-state index >= 15 is 0 Å². The number of nitrogens with one attached hydrogen (secondary N) is 2. The zero-order valence-electron chi connectivity index (χ0n) is 28.7. The van der Waals surface area contributed by atoms with Gasteiger partial charge in [-0.1, -0.05) is 67.8 Å². The molecule has 1 aliphatic carbocycles. The lowest BCUT2D eigenvalue weighted by Crippen LogP contribution is -2.63. The van der Waals surface area contributed by atoms with Gasteiger partial charge in [0.15, 0.2) is 0 Å². The molecule has 0 saturated heterocycles. The number of nitrogens with zero attached hydrogens (tertiary/aromatic N) is 3. The van der Waals surface area contributed by atoms with Gasteiger partial charge in [-0.2, -0.15) is 4.41 Å². The Balaban J connectivity index is 1.27. The van der Waals surface area contributed by atoms with Crippen LogP contribution in [0.3, 0.4) is 0 Å². The van der Waals surface area contributed by atoms with Gasteiger partial charge >= 0.3 is 6.03 Å². The quantitative estimate of drug-likeness (QED) is 0.153. The first kappa shape index (κ1) is 33.0. The van der Waals surface area contributed by atoms with E-state index in [4.69, 9.17) is 9.47 Å². The minimum Gasteiger partial charge on any atom is -0.492 e. The Morgan fingerprint density at radius 2 is 1.77 bits per heavy atom. The van der Waals surface area contributed by atoms with Crippen LogP contribution in [0.15, 0.2) is 72.8 Å². The van der Waals surface area contributed by atoms with E-state index in [1.165, 1.54) is 71.8 Å². The molecule has 48 heavy (non-hydrogen) atoms. The molecule has 254 valence electrons. The fourth-order valence-corrected chi connectivity index (χ4v) is 8.64. The van der Waals surface area contributed by atoms with Gasteiger partial charge in [0.2, 0.25) is 0 Å². The van der Waals surface area contributed by atoms with Gasteiger partial charge in [-0.3, -0.25) is 10.2 Å². The number of hydrogen-bond donors (Lipinski definition) is 2. The lowest BCUT2D eigenvalue weighted by Gasteiger charge is -2.39. The summed E-state index contributed by atoms with van der Waals surface area (Å²) in [6.45, 7) is 8.90. The van der Waals surface area contributed by atoms with E-state index in [1.807, 2.05) is 25.2 Å². The summed E-state index contributed by atoms with van der Waals surface area (Å²) < 4.78 is 16.9. The van der Waals surface area contributed by atoms with Gasteiger partial charge in [0.25, 0.3) is 0 Å². The monoisotopic (exact) mass is 667 g/mol. The average Bonchev–Trinajstić information content (AvgIpc) is 3.40. The summed E-state index contributed by atoms with van der Waals surface area (Å²) in [5, 5.41) is 5.13. The lowest BCUT2D eigenvalue weighted by atomic mass is 9.81. The van der Waals surface area contributed by atoms with E-state index in [0.29, 0.717) is 31.5 Å². The maximum absolute atomic E-state index is 14.3. The first-order chi connectivity index (χ1) is 23.3. The first-order valence-electron chi connectivity index (χ1n) is 17.6. The van der Waals surface area contributed by atoms with E-state index in [0.717, 1.165) is 23.5 Å². The summed E-state index contributed by atoms with van der Waals surface area (Å²) in [6, 6.07) is 25.3. The maximum Gasteiger partial charge on any atom is 0.349 e. The van der Waals surface area contributed by atoms with Crippen molar-refractivity contribution in [2.75, 3.05) is 30.9 Å². The van der Waals surface area contributed by atoms with Crippen molar-refractivity contribution in [1.29, 1.82) is 0 Å². The molecule has 0 radical (unpaired) electrons. The molecular formula is C39H49N5O3S. The topological polar surface area (TPSA) is 71.0 Å². The fraction of sp³-hybridized carbons (Fsp3) is 0.462. The van der Waals surface area contributed by atoms with Gasteiger partial charge in [-0.05, 0) is 86.9 Å². The molecule has 2 aliphatic heterocycles. The van der Waals surface area contributed by atoms with E-state index in [9.17, 15) is 4.79 Å². The molecule has 1 unspecified atom stereocenters. The second kappa shape index (κ2) is 14.2. The highest BCUT2D eigenvalue weighted by molar-refractivity contribution is 7.97. The normalized spacial score (nSPS) is 21.6. The number of aromatic nitrogens is 1. The van der Waals surface area contributed by atoms with E-state index in [-0.39, 0.29) is 18.0 Å². The summed E-state index contributed by atoms with van der Waals surface area (Å²) in [5.74, 6) is 2.25. The fourth-order valence-electron chi connectivity index (χ4n) is 7.74. The van der Waals surface area contributed by atoms with Gasteiger partial charge in [0.05, 0.1) is 36.7 Å². The molecule has 2 N–H and O–H groups in total. The van der Waals surface area contributed by atoms with Crippen LogP contribution in [0.1, 0.15) is 69.9 Å². The Labute approximate surface area is 289 Å². The third kappa shape index (κ3) is 6.83. The van der Waals surface area contributed by atoms with E-state index < -0.39 is 5.66 Å².